The number of nitrogens with two attached hydrogens (primary N) is 1. The zero-order chi connectivity index (χ0) is 9.97. The average molecular weight is 255 g/mol. The van der Waals surface area contributed by atoms with Crippen LogP contribution in [0.3, 0.4) is 0 Å². The molecule has 1 aromatic carbocycles. The standard InChI is InChI=1S/C11H15BrN2/c12-9-4-8(5-10(13)6-9)7-14-11-2-1-3-11/h4-6,11,14H,1-3,7,13H2. The first-order valence-corrected chi connectivity index (χ1v) is 5.81. The third kappa shape index (κ3) is 2.49. The molecule has 0 spiro atoms. The van der Waals surface area contributed by atoms with Crippen LogP contribution in [0.25, 0.3) is 0 Å². The van der Waals surface area contributed by atoms with Gasteiger partial charge < -0.3 is 11.1 Å². The summed E-state index contributed by atoms with van der Waals surface area (Å²) in [5.74, 6) is 0. The second-order valence-electron chi connectivity index (χ2n) is 3.90. The highest BCUT2D eigenvalue weighted by Crippen LogP contribution is 2.20. The van der Waals surface area contributed by atoms with Crippen LogP contribution in [-0.2, 0) is 6.54 Å². The molecule has 2 rings (SSSR count). The maximum absolute atomic E-state index is 5.75. The summed E-state index contributed by atoms with van der Waals surface area (Å²) in [4.78, 5) is 0. The highest BCUT2D eigenvalue weighted by atomic mass is 79.9. The Morgan fingerprint density at radius 2 is 2.14 bits per heavy atom. The molecule has 14 heavy (non-hydrogen) atoms. The van der Waals surface area contributed by atoms with E-state index >= 15 is 0 Å². The zero-order valence-electron chi connectivity index (χ0n) is 8.09. The topological polar surface area (TPSA) is 38.0 Å². The van der Waals surface area contributed by atoms with E-state index in [0.29, 0.717) is 0 Å². The number of hydrogen-bond donors (Lipinski definition) is 2. The molecule has 3 heteroatoms. The van der Waals surface area contributed by atoms with Crippen molar-refractivity contribution in [1.29, 1.82) is 0 Å². The Hall–Kier alpha value is -0.540. The molecule has 0 aliphatic heterocycles. The van der Waals surface area contributed by atoms with E-state index in [4.69, 9.17) is 5.73 Å². The molecule has 1 aliphatic carbocycles. The second-order valence-corrected chi connectivity index (χ2v) is 4.82. The van der Waals surface area contributed by atoms with E-state index in [1.807, 2.05) is 12.1 Å². The highest BCUT2D eigenvalue weighted by molar-refractivity contribution is 9.10. The molecule has 1 fully saturated rings. The lowest BCUT2D eigenvalue weighted by atomic mass is 9.93. The van der Waals surface area contributed by atoms with Gasteiger partial charge >= 0.3 is 0 Å². The number of benzene rings is 1. The molecule has 1 saturated carbocycles. The first-order chi connectivity index (χ1) is 6.74. The van der Waals surface area contributed by atoms with Gasteiger partial charge in [0.1, 0.15) is 0 Å². The summed E-state index contributed by atoms with van der Waals surface area (Å²) < 4.78 is 1.06. The fraction of sp³-hybridized carbons (Fsp3) is 0.455. The summed E-state index contributed by atoms with van der Waals surface area (Å²) in [6, 6.07) is 6.79. The highest BCUT2D eigenvalue weighted by Gasteiger charge is 2.15. The molecule has 0 atom stereocenters. The van der Waals surface area contributed by atoms with Crippen LogP contribution in [0.1, 0.15) is 24.8 Å². The SMILES string of the molecule is Nc1cc(Br)cc(CNC2CCC2)c1. The summed E-state index contributed by atoms with van der Waals surface area (Å²) in [6.45, 7) is 0.925. The molecule has 0 bridgehead atoms. The molecule has 0 amide bonds. The number of anilines is 1. The van der Waals surface area contributed by atoms with Crippen LogP contribution < -0.4 is 11.1 Å². The monoisotopic (exact) mass is 254 g/mol. The van der Waals surface area contributed by atoms with Gasteiger partial charge in [0.05, 0.1) is 0 Å². The van der Waals surface area contributed by atoms with Crippen LogP contribution in [0.5, 0.6) is 0 Å². The normalized spacial score (nSPS) is 16.6. The Bertz CT molecular complexity index is 301. The van der Waals surface area contributed by atoms with Crippen LogP contribution in [0.15, 0.2) is 22.7 Å². The van der Waals surface area contributed by atoms with Crippen LogP contribution in [-0.4, -0.2) is 6.04 Å². The first-order valence-electron chi connectivity index (χ1n) is 5.02. The van der Waals surface area contributed by atoms with E-state index in [-0.39, 0.29) is 0 Å². The van der Waals surface area contributed by atoms with Crippen molar-refractivity contribution >= 4 is 21.6 Å². The van der Waals surface area contributed by atoms with Crippen molar-refractivity contribution in [2.45, 2.75) is 31.8 Å². The zero-order valence-corrected chi connectivity index (χ0v) is 9.68. The molecule has 2 nitrogen and oxygen atoms in total. The van der Waals surface area contributed by atoms with Gasteiger partial charge in [0.2, 0.25) is 0 Å². The third-order valence-corrected chi connectivity index (χ3v) is 3.14. The number of nitrogen functional groups attached to an aromatic ring is 1. The third-order valence-electron chi connectivity index (χ3n) is 2.68. The van der Waals surface area contributed by atoms with Gasteiger partial charge in [0.15, 0.2) is 0 Å². The Morgan fingerprint density at radius 3 is 2.71 bits per heavy atom. The van der Waals surface area contributed by atoms with Crippen molar-refractivity contribution in [1.82, 2.24) is 5.32 Å². The van der Waals surface area contributed by atoms with Crippen molar-refractivity contribution in [2.75, 3.05) is 5.73 Å². The van der Waals surface area contributed by atoms with Crippen LogP contribution >= 0.6 is 15.9 Å². The van der Waals surface area contributed by atoms with Gasteiger partial charge in [-0.15, -0.1) is 0 Å². The van der Waals surface area contributed by atoms with E-state index < -0.39 is 0 Å². The number of nitrogens with one attached hydrogen (secondary N) is 1. The molecule has 3 N–H and O–H groups in total. The van der Waals surface area contributed by atoms with E-state index in [1.165, 1.54) is 24.8 Å². The van der Waals surface area contributed by atoms with Gasteiger partial charge in [-0.1, -0.05) is 22.4 Å². The van der Waals surface area contributed by atoms with Crippen LogP contribution in [0.4, 0.5) is 5.69 Å². The number of rotatable bonds is 3. The van der Waals surface area contributed by atoms with Crippen LogP contribution in [0, 0.1) is 0 Å². The molecule has 0 aromatic heterocycles. The van der Waals surface area contributed by atoms with Gasteiger partial charge in [-0.3, -0.25) is 0 Å². The molecule has 0 saturated heterocycles. The van der Waals surface area contributed by atoms with Crippen molar-refractivity contribution in [2.24, 2.45) is 0 Å². The molecule has 0 heterocycles. The largest absolute Gasteiger partial charge is 0.399 e. The van der Waals surface area contributed by atoms with E-state index in [1.54, 1.807) is 0 Å². The summed E-state index contributed by atoms with van der Waals surface area (Å²) in [6.07, 6.45) is 4.02. The maximum atomic E-state index is 5.75. The van der Waals surface area contributed by atoms with Gasteiger partial charge in [0, 0.05) is 22.7 Å². The first kappa shape index (κ1) is 9.99. The molecule has 76 valence electrons. The average Bonchev–Trinajstić information content (AvgIpc) is 1.99. The van der Waals surface area contributed by atoms with E-state index in [9.17, 15) is 0 Å². The van der Waals surface area contributed by atoms with Crippen molar-refractivity contribution in [3.05, 3.63) is 28.2 Å². The minimum absolute atomic E-state index is 0.732. The van der Waals surface area contributed by atoms with Crippen LogP contribution in [0.2, 0.25) is 0 Å². The lowest BCUT2D eigenvalue weighted by molar-refractivity contribution is 0.338. The minimum atomic E-state index is 0.732. The Kier molecular flexibility index (Phi) is 3.08. The van der Waals surface area contributed by atoms with E-state index in [2.05, 4.69) is 27.3 Å². The van der Waals surface area contributed by atoms with Gasteiger partial charge in [-0.25, -0.2) is 0 Å². The number of halogens is 1. The maximum Gasteiger partial charge on any atom is 0.0328 e. The lowest BCUT2D eigenvalue weighted by Gasteiger charge is -2.26. The Balaban J connectivity index is 1.94. The second kappa shape index (κ2) is 4.32. The van der Waals surface area contributed by atoms with Gasteiger partial charge in [-0.05, 0) is 36.6 Å². The minimum Gasteiger partial charge on any atom is -0.399 e. The molecular weight excluding hydrogens is 240 g/mol. The fourth-order valence-corrected chi connectivity index (χ4v) is 2.21. The van der Waals surface area contributed by atoms with Crippen molar-refractivity contribution in [3.63, 3.8) is 0 Å². The Morgan fingerprint density at radius 1 is 1.36 bits per heavy atom. The van der Waals surface area contributed by atoms with E-state index in [0.717, 1.165) is 22.7 Å². The summed E-state index contributed by atoms with van der Waals surface area (Å²) in [5.41, 5.74) is 7.83. The molecular formula is C11H15BrN2. The number of hydrogen-bond acceptors (Lipinski definition) is 2. The van der Waals surface area contributed by atoms with Crippen molar-refractivity contribution < 1.29 is 0 Å². The predicted octanol–water partition coefficient (Wildman–Crippen LogP) is 2.67. The summed E-state index contributed by atoms with van der Waals surface area (Å²) in [7, 11) is 0. The molecule has 1 aliphatic rings. The molecule has 1 aromatic rings. The van der Waals surface area contributed by atoms with Crippen molar-refractivity contribution in [3.8, 4) is 0 Å². The predicted molar refractivity (Wildman–Crippen MR) is 63.0 cm³/mol. The smallest absolute Gasteiger partial charge is 0.0328 e. The summed E-state index contributed by atoms with van der Waals surface area (Å²) in [5, 5.41) is 3.51. The van der Waals surface area contributed by atoms with Gasteiger partial charge in [0.25, 0.3) is 0 Å². The lowest BCUT2D eigenvalue weighted by Crippen LogP contribution is -2.34. The Labute approximate surface area is 93.0 Å². The summed E-state index contributed by atoms with van der Waals surface area (Å²) >= 11 is 3.44. The fourth-order valence-electron chi connectivity index (χ4n) is 1.65. The quantitative estimate of drug-likeness (QED) is 0.815. The molecule has 0 radical (unpaired) electrons. The van der Waals surface area contributed by atoms with Gasteiger partial charge in [-0.2, -0.15) is 0 Å². The molecule has 0 unspecified atom stereocenters.